The summed E-state index contributed by atoms with van der Waals surface area (Å²) in [4.78, 5) is 28.8. The lowest BCUT2D eigenvalue weighted by atomic mass is 10.1. The van der Waals surface area contributed by atoms with E-state index < -0.39 is 0 Å². The van der Waals surface area contributed by atoms with Gasteiger partial charge in [0.15, 0.2) is 6.61 Å². The van der Waals surface area contributed by atoms with E-state index in [1.54, 1.807) is 36.3 Å². The highest BCUT2D eigenvalue weighted by molar-refractivity contribution is 5.83. The zero-order valence-electron chi connectivity index (χ0n) is 14.7. The summed E-state index contributed by atoms with van der Waals surface area (Å²) in [6.45, 7) is 5.43. The van der Waals surface area contributed by atoms with Crippen molar-refractivity contribution in [1.82, 2.24) is 15.1 Å². The molecule has 136 valence electrons. The molecular formula is C18H25N3O4. The number of ether oxygens (including phenoxy) is 2. The van der Waals surface area contributed by atoms with E-state index in [0.29, 0.717) is 25.4 Å². The van der Waals surface area contributed by atoms with Crippen molar-refractivity contribution < 1.29 is 19.1 Å². The Balaban J connectivity index is 1.59. The van der Waals surface area contributed by atoms with Crippen molar-refractivity contribution in [2.45, 2.75) is 13.0 Å². The van der Waals surface area contributed by atoms with Crippen LogP contribution in [-0.2, 0) is 9.59 Å². The Bertz CT molecular complexity index is 619. The van der Waals surface area contributed by atoms with Gasteiger partial charge in [0, 0.05) is 26.2 Å². The van der Waals surface area contributed by atoms with Crippen LogP contribution >= 0.6 is 0 Å². The molecule has 2 saturated heterocycles. The average Bonchev–Trinajstić information content (AvgIpc) is 2.86. The van der Waals surface area contributed by atoms with Crippen molar-refractivity contribution in [3.63, 3.8) is 0 Å². The van der Waals surface area contributed by atoms with Crippen molar-refractivity contribution in [3.8, 4) is 11.5 Å². The molecule has 0 radical (unpaired) electrons. The van der Waals surface area contributed by atoms with E-state index in [1.165, 1.54) is 0 Å². The Morgan fingerprint density at radius 3 is 2.56 bits per heavy atom. The molecule has 0 aliphatic carbocycles. The van der Waals surface area contributed by atoms with Gasteiger partial charge >= 0.3 is 0 Å². The topological polar surface area (TPSA) is 71.1 Å². The molecule has 1 aromatic carbocycles. The number of carbonyl (C=O) groups is 2. The number of hydrogen-bond donors (Lipinski definition) is 1. The lowest BCUT2D eigenvalue weighted by Crippen LogP contribution is -2.49. The number of rotatable bonds is 5. The van der Waals surface area contributed by atoms with Crippen molar-refractivity contribution >= 4 is 11.8 Å². The van der Waals surface area contributed by atoms with E-state index in [4.69, 9.17) is 9.47 Å². The zero-order valence-corrected chi connectivity index (χ0v) is 14.7. The molecule has 7 heteroatoms. The Morgan fingerprint density at radius 1 is 1.16 bits per heavy atom. The van der Waals surface area contributed by atoms with Gasteiger partial charge < -0.3 is 24.6 Å². The minimum atomic E-state index is -0.183. The largest absolute Gasteiger partial charge is 0.497 e. The van der Waals surface area contributed by atoms with Crippen LogP contribution in [0.25, 0.3) is 0 Å². The third kappa shape index (κ3) is 4.22. The highest BCUT2D eigenvalue weighted by Gasteiger charge is 2.36. The van der Waals surface area contributed by atoms with E-state index >= 15 is 0 Å². The van der Waals surface area contributed by atoms with Crippen LogP contribution in [0, 0.1) is 5.92 Å². The molecule has 0 unspecified atom stereocenters. The van der Waals surface area contributed by atoms with E-state index in [9.17, 15) is 9.59 Å². The molecule has 2 aliphatic rings. The second-order valence-electron chi connectivity index (χ2n) is 6.52. The van der Waals surface area contributed by atoms with Crippen LogP contribution in [-0.4, -0.2) is 74.1 Å². The zero-order chi connectivity index (χ0) is 17.8. The quantitative estimate of drug-likeness (QED) is 0.832. The summed E-state index contributed by atoms with van der Waals surface area (Å²) in [5, 5.41) is 3.05. The maximum absolute atomic E-state index is 12.6. The standard InChI is InChI=1S/C18H25N3O4/c1-3-20-8-13-9-21(11-14(10-20)19-18(13)23)17(22)12-25-16-6-4-15(24-2)5-7-16/h4-7,13-14H,3,8-12H2,1-2H3,(H,19,23)/t13-,14+/m1/s1. The Hall–Kier alpha value is -2.28. The molecule has 25 heavy (non-hydrogen) atoms. The van der Waals surface area contributed by atoms with Gasteiger partial charge in [-0.05, 0) is 30.8 Å². The number of methoxy groups -OCH3 is 1. The summed E-state index contributed by atoms with van der Waals surface area (Å²) >= 11 is 0. The van der Waals surface area contributed by atoms with Crippen LogP contribution in [0.3, 0.4) is 0 Å². The van der Waals surface area contributed by atoms with Crippen molar-refractivity contribution in [2.75, 3.05) is 46.4 Å². The Morgan fingerprint density at radius 2 is 1.88 bits per heavy atom. The van der Waals surface area contributed by atoms with E-state index in [1.807, 2.05) is 0 Å². The molecule has 2 atom stereocenters. The maximum atomic E-state index is 12.6. The predicted octanol–water partition coefficient (Wildman–Crippen LogP) is 0.353. The first kappa shape index (κ1) is 17.5. The van der Waals surface area contributed by atoms with Gasteiger partial charge in [-0.15, -0.1) is 0 Å². The first-order valence-corrected chi connectivity index (χ1v) is 8.66. The van der Waals surface area contributed by atoms with Crippen LogP contribution in [0.2, 0.25) is 0 Å². The minimum Gasteiger partial charge on any atom is -0.497 e. The number of nitrogens with one attached hydrogen (secondary N) is 1. The number of nitrogens with zero attached hydrogens (tertiary/aromatic N) is 2. The summed E-state index contributed by atoms with van der Waals surface area (Å²) in [6.07, 6.45) is 0. The third-order valence-corrected chi connectivity index (χ3v) is 4.78. The summed E-state index contributed by atoms with van der Waals surface area (Å²) in [5.74, 6) is 1.14. The summed E-state index contributed by atoms with van der Waals surface area (Å²) in [6, 6.07) is 7.10. The maximum Gasteiger partial charge on any atom is 0.260 e. The van der Waals surface area contributed by atoms with Crippen LogP contribution in [0.15, 0.2) is 24.3 Å². The van der Waals surface area contributed by atoms with Gasteiger partial charge in [-0.2, -0.15) is 0 Å². The van der Waals surface area contributed by atoms with E-state index in [0.717, 1.165) is 18.8 Å². The molecule has 1 N–H and O–H groups in total. The number of carbonyl (C=O) groups excluding carboxylic acids is 2. The lowest BCUT2D eigenvalue weighted by Gasteiger charge is -2.32. The van der Waals surface area contributed by atoms with Gasteiger partial charge in [0.05, 0.1) is 19.1 Å². The molecule has 0 aromatic heterocycles. The van der Waals surface area contributed by atoms with Gasteiger partial charge in [-0.25, -0.2) is 0 Å². The fourth-order valence-corrected chi connectivity index (χ4v) is 3.37. The van der Waals surface area contributed by atoms with Crippen LogP contribution < -0.4 is 14.8 Å². The predicted molar refractivity (Wildman–Crippen MR) is 92.6 cm³/mol. The first-order chi connectivity index (χ1) is 12.1. The van der Waals surface area contributed by atoms with Crippen molar-refractivity contribution in [3.05, 3.63) is 24.3 Å². The molecule has 2 amide bonds. The molecule has 2 fully saturated rings. The molecule has 1 aromatic rings. The molecule has 3 rings (SSSR count). The first-order valence-electron chi connectivity index (χ1n) is 8.66. The molecule has 2 heterocycles. The fraction of sp³-hybridized carbons (Fsp3) is 0.556. The van der Waals surface area contributed by atoms with Gasteiger partial charge in [0.2, 0.25) is 5.91 Å². The number of likely N-dealkylation sites (N-methyl/N-ethyl adjacent to an activating group) is 1. The summed E-state index contributed by atoms with van der Waals surface area (Å²) in [7, 11) is 1.60. The fourth-order valence-electron chi connectivity index (χ4n) is 3.37. The monoisotopic (exact) mass is 347 g/mol. The van der Waals surface area contributed by atoms with Crippen molar-refractivity contribution in [1.29, 1.82) is 0 Å². The molecule has 7 nitrogen and oxygen atoms in total. The smallest absolute Gasteiger partial charge is 0.260 e. The number of fused-ring (bicyclic) bond motifs is 3. The molecule has 0 spiro atoms. The van der Waals surface area contributed by atoms with Gasteiger partial charge in [0.25, 0.3) is 5.91 Å². The SMILES string of the molecule is CCN1C[C@H]2CN(C(=O)COc3ccc(OC)cc3)C[C@@H](C1)C(=O)N2. The molecular weight excluding hydrogens is 322 g/mol. The third-order valence-electron chi connectivity index (χ3n) is 4.78. The van der Waals surface area contributed by atoms with E-state index in [-0.39, 0.29) is 30.4 Å². The average molecular weight is 347 g/mol. The van der Waals surface area contributed by atoms with Crippen LogP contribution in [0.4, 0.5) is 0 Å². The number of amides is 2. The van der Waals surface area contributed by atoms with Crippen LogP contribution in [0.1, 0.15) is 6.92 Å². The van der Waals surface area contributed by atoms with Gasteiger partial charge in [0.1, 0.15) is 11.5 Å². The highest BCUT2D eigenvalue weighted by Crippen LogP contribution is 2.18. The minimum absolute atomic E-state index is 0.0233. The Kier molecular flexibility index (Phi) is 5.43. The Labute approximate surface area is 147 Å². The number of hydrogen-bond acceptors (Lipinski definition) is 5. The lowest BCUT2D eigenvalue weighted by molar-refractivity contribution is -0.134. The summed E-state index contributed by atoms with van der Waals surface area (Å²) < 4.78 is 10.7. The van der Waals surface area contributed by atoms with Gasteiger partial charge in [-0.1, -0.05) is 6.92 Å². The second kappa shape index (κ2) is 7.74. The van der Waals surface area contributed by atoms with Gasteiger partial charge in [-0.3, -0.25) is 9.59 Å². The normalized spacial score (nSPS) is 23.6. The summed E-state index contributed by atoms with van der Waals surface area (Å²) in [5.41, 5.74) is 0. The van der Waals surface area contributed by atoms with E-state index in [2.05, 4.69) is 17.1 Å². The highest BCUT2D eigenvalue weighted by atomic mass is 16.5. The molecule has 2 aliphatic heterocycles. The second-order valence-corrected chi connectivity index (χ2v) is 6.52. The van der Waals surface area contributed by atoms with Crippen LogP contribution in [0.5, 0.6) is 11.5 Å². The number of benzene rings is 1. The van der Waals surface area contributed by atoms with Crippen molar-refractivity contribution in [2.24, 2.45) is 5.92 Å². The molecule has 0 saturated carbocycles. The molecule has 2 bridgehead atoms.